The monoisotopic (exact) mass is 296 g/mol. The summed E-state index contributed by atoms with van der Waals surface area (Å²) in [5.74, 6) is -2.26. The quantitative estimate of drug-likeness (QED) is 0.502. The predicted octanol–water partition coefficient (Wildman–Crippen LogP) is 0.897. The molecule has 0 amide bonds. The Morgan fingerprint density at radius 1 is 1.50 bits per heavy atom. The number of carbonyl (C=O) groups is 1. The number of rotatable bonds is 4. The average Bonchev–Trinajstić information content (AvgIpc) is 2.29. The first kappa shape index (κ1) is 15.5. The molecule has 0 bridgehead atoms. The van der Waals surface area contributed by atoms with E-state index in [9.17, 15) is 32.9 Å². The molecule has 8 nitrogen and oxygen atoms in total. The molecule has 0 aromatic carbocycles. The minimum atomic E-state index is -5.19. The fourth-order valence-electron chi connectivity index (χ4n) is 1.30. The lowest BCUT2D eigenvalue weighted by Gasteiger charge is -2.12. The molecular formula is C9H7F3N2O6. The molecule has 0 fully saturated rings. The number of hydrogen-bond donors (Lipinski definition) is 1. The second-order valence-corrected chi connectivity index (χ2v) is 3.38. The summed E-state index contributed by atoms with van der Waals surface area (Å²) in [6, 6.07) is 0.446. The smallest absolute Gasteiger partial charge is 0.469 e. The van der Waals surface area contributed by atoms with Gasteiger partial charge in [0.1, 0.15) is 5.56 Å². The third-order valence-electron chi connectivity index (χ3n) is 2.05. The van der Waals surface area contributed by atoms with Crippen molar-refractivity contribution in [3.8, 4) is 5.88 Å². The highest BCUT2D eigenvalue weighted by Gasteiger charge is 2.35. The second-order valence-electron chi connectivity index (χ2n) is 3.38. The zero-order valence-corrected chi connectivity index (χ0v) is 9.82. The Hall–Kier alpha value is -2.59. The van der Waals surface area contributed by atoms with Gasteiger partial charge in [0.25, 0.3) is 11.2 Å². The van der Waals surface area contributed by atoms with Crippen LogP contribution in [0.25, 0.3) is 0 Å². The Morgan fingerprint density at radius 2 is 2.10 bits per heavy atom. The van der Waals surface area contributed by atoms with Crippen molar-refractivity contribution in [3.05, 3.63) is 32.1 Å². The number of nitrogens with zero attached hydrogens (tertiary/aromatic N) is 1. The number of hydrogen-bond acceptors (Lipinski definition) is 6. The summed E-state index contributed by atoms with van der Waals surface area (Å²) in [6.07, 6.45) is -6.06. The van der Waals surface area contributed by atoms with Crippen molar-refractivity contribution in [2.24, 2.45) is 0 Å². The van der Waals surface area contributed by atoms with Gasteiger partial charge in [0.05, 0.1) is 24.5 Å². The summed E-state index contributed by atoms with van der Waals surface area (Å²) >= 11 is 0. The molecule has 11 heteroatoms. The number of carbonyl (C=O) groups excluding carboxylic acids is 1. The van der Waals surface area contributed by atoms with Crippen LogP contribution < -0.4 is 10.3 Å². The molecule has 0 saturated carbocycles. The first-order valence-corrected chi connectivity index (χ1v) is 4.87. The van der Waals surface area contributed by atoms with E-state index >= 15 is 0 Å². The molecule has 0 aliphatic carbocycles. The summed E-state index contributed by atoms with van der Waals surface area (Å²) in [5, 5.41) is 10.7. The molecule has 0 spiro atoms. The van der Waals surface area contributed by atoms with Crippen LogP contribution in [-0.4, -0.2) is 29.3 Å². The highest BCUT2D eigenvalue weighted by molar-refractivity contribution is 5.75. The minimum absolute atomic E-state index is 0.446. The van der Waals surface area contributed by atoms with Crippen LogP contribution in [0.2, 0.25) is 0 Å². The van der Waals surface area contributed by atoms with E-state index in [4.69, 9.17) is 0 Å². The molecular weight excluding hydrogens is 289 g/mol. The Balaban J connectivity index is 3.42. The summed E-state index contributed by atoms with van der Waals surface area (Å²) in [7, 11) is 0.949. The fraction of sp³-hybridized carbons (Fsp3) is 0.333. The lowest BCUT2D eigenvalue weighted by molar-refractivity contribution is -0.386. The van der Waals surface area contributed by atoms with E-state index in [2.05, 4.69) is 9.47 Å². The average molecular weight is 296 g/mol. The number of ether oxygens (including phenoxy) is 2. The predicted molar refractivity (Wildman–Crippen MR) is 56.1 cm³/mol. The molecule has 0 aliphatic heterocycles. The van der Waals surface area contributed by atoms with Gasteiger partial charge in [-0.05, 0) is 0 Å². The molecule has 1 rings (SSSR count). The van der Waals surface area contributed by atoms with Crippen LogP contribution in [0.5, 0.6) is 5.88 Å². The van der Waals surface area contributed by atoms with Gasteiger partial charge in [-0.2, -0.15) is 0 Å². The summed E-state index contributed by atoms with van der Waals surface area (Å²) < 4.78 is 44.2. The van der Waals surface area contributed by atoms with Crippen LogP contribution in [0.4, 0.5) is 18.9 Å². The van der Waals surface area contributed by atoms with Crippen molar-refractivity contribution in [1.29, 1.82) is 0 Å². The van der Waals surface area contributed by atoms with Gasteiger partial charge < -0.3 is 9.47 Å². The largest absolute Gasteiger partial charge is 0.574 e. The van der Waals surface area contributed by atoms with Crippen LogP contribution in [0.3, 0.4) is 0 Å². The number of alkyl halides is 3. The van der Waals surface area contributed by atoms with Gasteiger partial charge in [-0.15, -0.1) is 13.2 Å². The van der Waals surface area contributed by atoms with Crippen LogP contribution in [0.1, 0.15) is 5.56 Å². The number of methoxy groups -OCH3 is 1. The number of nitro groups is 1. The van der Waals surface area contributed by atoms with Crippen molar-refractivity contribution in [1.82, 2.24) is 4.98 Å². The van der Waals surface area contributed by atoms with E-state index < -0.39 is 46.4 Å². The maximum absolute atomic E-state index is 12.2. The molecule has 110 valence electrons. The summed E-state index contributed by atoms with van der Waals surface area (Å²) in [6.45, 7) is 0. The topological polar surface area (TPSA) is 112 Å². The number of nitrogens with one attached hydrogen (secondary N) is 1. The number of aromatic amines is 1. The normalized spacial score (nSPS) is 11.0. The van der Waals surface area contributed by atoms with E-state index in [1.807, 2.05) is 0 Å². The van der Waals surface area contributed by atoms with E-state index in [1.165, 1.54) is 0 Å². The van der Waals surface area contributed by atoms with Crippen molar-refractivity contribution in [2.45, 2.75) is 12.8 Å². The number of halogens is 3. The van der Waals surface area contributed by atoms with Crippen molar-refractivity contribution in [2.75, 3.05) is 7.11 Å². The van der Waals surface area contributed by atoms with E-state index in [0.717, 1.165) is 7.11 Å². The molecule has 0 saturated heterocycles. The number of esters is 1. The first-order valence-electron chi connectivity index (χ1n) is 4.87. The van der Waals surface area contributed by atoms with Crippen molar-refractivity contribution >= 4 is 11.7 Å². The van der Waals surface area contributed by atoms with Gasteiger partial charge in [-0.25, -0.2) is 0 Å². The standard InChI is InChI=1S/C9H7F3N2O6/c1-19-7(16)2-4-5(14(17)18)3-6(15)13-8(4)20-9(10,11)12/h3H,2H2,1H3,(H,13,15). The van der Waals surface area contributed by atoms with E-state index in [0.29, 0.717) is 6.07 Å². The molecule has 0 radical (unpaired) electrons. The zero-order chi connectivity index (χ0) is 15.5. The summed E-state index contributed by atoms with van der Waals surface area (Å²) in [5.41, 5.74) is -2.89. The maximum atomic E-state index is 12.2. The van der Waals surface area contributed by atoms with Gasteiger partial charge in [0, 0.05) is 0 Å². The molecule has 1 aromatic rings. The number of aromatic nitrogens is 1. The number of H-pyrrole nitrogens is 1. The Kier molecular flexibility index (Phi) is 4.32. The van der Waals surface area contributed by atoms with E-state index in [-0.39, 0.29) is 0 Å². The van der Waals surface area contributed by atoms with Crippen molar-refractivity contribution in [3.63, 3.8) is 0 Å². The van der Waals surface area contributed by atoms with Crippen molar-refractivity contribution < 1.29 is 32.4 Å². The SMILES string of the molecule is COC(=O)Cc1c([N+](=O)[O-])cc(=O)[nH]c1OC(F)(F)F. The molecule has 1 heterocycles. The molecule has 0 aliphatic rings. The van der Waals surface area contributed by atoms with E-state index in [1.54, 1.807) is 4.98 Å². The van der Waals surface area contributed by atoms with Crippen LogP contribution in [-0.2, 0) is 16.0 Å². The lowest BCUT2D eigenvalue weighted by Crippen LogP contribution is -2.23. The third-order valence-corrected chi connectivity index (χ3v) is 2.05. The zero-order valence-electron chi connectivity index (χ0n) is 9.82. The maximum Gasteiger partial charge on any atom is 0.574 e. The summed E-state index contributed by atoms with van der Waals surface area (Å²) in [4.78, 5) is 33.4. The highest BCUT2D eigenvalue weighted by Crippen LogP contribution is 2.29. The molecule has 1 N–H and O–H groups in total. The van der Waals surface area contributed by atoms with Crippen LogP contribution >= 0.6 is 0 Å². The highest BCUT2D eigenvalue weighted by atomic mass is 19.4. The molecule has 1 aromatic heterocycles. The second kappa shape index (κ2) is 5.59. The Morgan fingerprint density at radius 3 is 2.55 bits per heavy atom. The van der Waals surface area contributed by atoms with Crippen LogP contribution in [0.15, 0.2) is 10.9 Å². The van der Waals surface area contributed by atoms with Gasteiger partial charge in [-0.3, -0.25) is 24.7 Å². The lowest BCUT2D eigenvalue weighted by atomic mass is 10.1. The molecule has 0 unspecified atom stereocenters. The Bertz CT molecular complexity index is 594. The third kappa shape index (κ3) is 3.96. The molecule has 20 heavy (non-hydrogen) atoms. The van der Waals surface area contributed by atoms with Gasteiger partial charge in [-0.1, -0.05) is 0 Å². The minimum Gasteiger partial charge on any atom is -0.469 e. The Labute approximate surface area is 108 Å². The van der Waals surface area contributed by atoms with Gasteiger partial charge in [0.15, 0.2) is 0 Å². The first-order chi connectivity index (χ1) is 9.14. The van der Waals surface area contributed by atoms with Crippen LogP contribution in [0, 0.1) is 10.1 Å². The molecule has 0 atom stereocenters. The van der Waals surface area contributed by atoms with Gasteiger partial charge in [0.2, 0.25) is 5.88 Å². The fourth-order valence-corrected chi connectivity index (χ4v) is 1.30. The number of pyridine rings is 1. The van der Waals surface area contributed by atoms with Gasteiger partial charge >= 0.3 is 12.3 Å².